The fourth-order valence-corrected chi connectivity index (χ4v) is 3.12. The molecule has 2 rings (SSSR count). The van der Waals surface area contributed by atoms with Crippen molar-refractivity contribution in [2.45, 2.75) is 25.2 Å². The molecule has 1 amide bonds. The van der Waals surface area contributed by atoms with Gasteiger partial charge in [-0.15, -0.1) is 0 Å². The highest BCUT2D eigenvalue weighted by Gasteiger charge is 2.28. The Morgan fingerprint density at radius 1 is 1.41 bits per heavy atom. The van der Waals surface area contributed by atoms with Gasteiger partial charge in [0.25, 0.3) is 5.69 Å². The van der Waals surface area contributed by atoms with Gasteiger partial charge in [-0.3, -0.25) is 14.9 Å². The minimum atomic E-state index is -0.479. The lowest BCUT2D eigenvalue weighted by molar-refractivity contribution is -0.384. The van der Waals surface area contributed by atoms with Crippen LogP contribution in [-0.4, -0.2) is 39.4 Å². The van der Waals surface area contributed by atoms with Crippen molar-refractivity contribution in [1.82, 2.24) is 4.90 Å². The van der Waals surface area contributed by atoms with Crippen LogP contribution in [0.5, 0.6) is 0 Å². The highest BCUT2D eigenvalue weighted by molar-refractivity contribution is 8.14. The molecule has 1 heterocycles. The molecule has 1 aromatic carbocycles. The molecule has 1 unspecified atom stereocenters. The summed E-state index contributed by atoms with van der Waals surface area (Å²) in [5.74, 6) is 0. The monoisotopic (exact) mass is 324 g/mol. The van der Waals surface area contributed by atoms with Crippen molar-refractivity contribution >= 4 is 28.7 Å². The van der Waals surface area contributed by atoms with E-state index in [1.165, 1.54) is 30.8 Å². The molecular weight excluding hydrogens is 308 g/mol. The van der Waals surface area contributed by atoms with Crippen molar-refractivity contribution in [3.8, 4) is 0 Å². The highest BCUT2D eigenvalue weighted by Crippen LogP contribution is 2.23. The summed E-state index contributed by atoms with van der Waals surface area (Å²) in [5, 5.41) is 10.7. The Balaban J connectivity index is 1.80. The number of likely N-dealkylation sites (tertiary alicyclic amines) is 1. The third-order valence-electron chi connectivity index (χ3n) is 3.25. The van der Waals surface area contributed by atoms with E-state index in [-0.39, 0.29) is 22.7 Å². The summed E-state index contributed by atoms with van der Waals surface area (Å²) < 4.78 is 5.19. The Kier molecular flexibility index (Phi) is 5.37. The molecule has 1 fully saturated rings. The highest BCUT2D eigenvalue weighted by atomic mass is 32.2. The van der Waals surface area contributed by atoms with Crippen LogP contribution < -0.4 is 0 Å². The molecule has 1 saturated heterocycles. The van der Waals surface area contributed by atoms with Crippen molar-refractivity contribution in [1.29, 1.82) is 0 Å². The lowest BCUT2D eigenvalue weighted by atomic mass is 10.2. The van der Waals surface area contributed by atoms with E-state index >= 15 is 0 Å². The third kappa shape index (κ3) is 4.45. The molecule has 7 nitrogen and oxygen atoms in total. The second-order valence-corrected chi connectivity index (χ2v) is 6.42. The number of nitro benzene ring substituents is 1. The van der Waals surface area contributed by atoms with Gasteiger partial charge in [0.15, 0.2) is 5.12 Å². The number of nitrogens with zero attached hydrogens (tertiary/aromatic N) is 2. The largest absolute Gasteiger partial charge is 0.445 e. The van der Waals surface area contributed by atoms with Crippen LogP contribution in [0.15, 0.2) is 24.3 Å². The fraction of sp³-hybridized carbons (Fsp3) is 0.429. The molecule has 118 valence electrons. The topological polar surface area (TPSA) is 89.8 Å². The standard InChI is InChI=1S/C14H16N2O5S/c1-10(17)22-13-6-7-15(8-13)14(18)21-9-11-2-4-12(5-3-11)16(19)20/h2-5,13H,6-9H2,1H3. The molecule has 0 aliphatic carbocycles. The van der Waals surface area contributed by atoms with Crippen LogP contribution in [0, 0.1) is 10.1 Å². The number of benzene rings is 1. The van der Waals surface area contributed by atoms with Crippen LogP contribution in [-0.2, 0) is 16.1 Å². The second kappa shape index (κ2) is 7.26. The van der Waals surface area contributed by atoms with Crippen molar-refractivity contribution in [2.24, 2.45) is 0 Å². The number of hydrogen-bond acceptors (Lipinski definition) is 6. The summed E-state index contributed by atoms with van der Waals surface area (Å²) in [4.78, 5) is 34.6. The molecule has 0 radical (unpaired) electrons. The van der Waals surface area contributed by atoms with Gasteiger partial charge in [-0.2, -0.15) is 0 Å². The van der Waals surface area contributed by atoms with Gasteiger partial charge in [-0.1, -0.05) is 11.8 Å². The summed E-state index contributed by atoms with van der Waals surface area (Å²) in [7, 11) is 0. The van der Waals surface area contributed by atoms with Gasteiger partial charge in [0, 0.05) is 37.4 Å². The van der Waals surface area contributed by atoms with Gasteiger partial charge >= 0.3 is 6.09 Å². The number of carbonyl (C=O) groups is 2. The summed E-state index contributed by atoms with van der Waals surface area (Å²) in [5.41, 5.74) is 0.687. The first kappa shape index (κ1) is 16.3. The van der Waals surface area contributed by atoms with E-state index in [1.807, 2.05) is 0 Å². The minimum absolute atomic E-state index is 0.00119. The van der Waals surface area contributed by atoms with Crippen LogP contribution in [0.4, 0.5) is 10.5 Å². The number of non-ortho nitro benzene ring substituents is 1. The predicted octanol–water partition coefficient (Wildman–Crippen LogP) is 2.59. The van der Waals surface area contributed by atoms with E-state index < -0.39 is 11.0 Å². The van der Waals surface area contributed by atoms with E-state index in [4.69, 9.17) is 4.74 Å². The summed E-state index contributed by atoms with van der Waals surface area (Å²) in [6.45, 7) is 2.66. The molecule has 1 aliphatic rings. The van der Waals surface area contributed by atoms with E-state index in [2.05, 4.69) is 0 Å². The van der Waals surface area contributed by atoms with Gasteiger partial charge in [0.05, 0.1) is 4.92 Å². The normalized spacial score (nSPS) is 17.3. The van der Waals surface area contributed by atoms with Crippen molar-refractivity contribution < 1.29 is 19.2 Å². The maximum Gasteiger partial charge on any atom is 0.410 e. The Morgan fingerprint density at radius 2 is 2.09 bits per heavy atom. The molecule has 0 bridgehead atoms. The number of nitro groups is 1. The van der Waals surface area contributed by atoms with Crippen molar-refractivity contribution in [2.75, 3.05) is 13.1 Å². The third-order valence-corrected chi connectivity index (χ3v) is 4.30. The van der Waals surface area contributed by atoms with Crippen molar-refractivity contribution in [3.05, 3.63) is 39.9 Å². The van der Waals surface area contributed by atoms with E-state index in [1.54, 1.807) is 17.0 Å². The van der Waals surface area contributed by atoms with Crippen LogP contribution in [0.2, 0.25) is 0 Å². The molecule has 0 aromatic heterocycles. The number of amides is 1. The minimum Gasteiger partial charge on any atom is -0.445 e. The average Bonchev–Trinajstić information content (AvgIpc) is 2.93. The Labute approximate surface area is 131 Å². The molecule has 0 spiro atoms. The zero-order valence-electron chi connectivity index (χ0n) is 12.1. The first-order valence-electron chi connectivity index (χ1n) is 6.78. The fourth-order valence-electron chi connectivity index (χ4n) is 2.18. The zero-order chi connectivity index (χ0) is 16.1. The quantitative estimate of drug-likeness (QED) is 0.624. The van der Waals surface area contributed by atoms with Crippen LogP contribution >= 0.6 is 11.8 Å². The van der Waals surface area contributed by atoms with Crippen LogP contribution in [0.25, 0.3) is 0 Å². The Bertz CT molecular complexity index is 575. The van der Waals surface area contributed by atoms with Gasteiger partial charge in [0.1, 0.15) is 6.61 Å². The first-order valence-corrected chi connectivity index (χ1v) is 7.66. The number of hydrogen-bond donors (Lipinski definition) is 0. The average molecular weight is 324 g/mol. The predicted molar refractivity (Wildman–Crippen MR) is 81.5 cm³/mol. The van der Waals surface area contributed by atoms with Gasteiger partial charge in [0.2, 0.25) is 0 Å². The van der Waals surface area contributed by atoms with Gasteiger partial charge in [-0.05, 0) is 24.1 Å². The SMILES string of the molecule is CC(=O)SC1CCN(C(=O)OCc2ccc([N+](=O)[O-])cc2)C1. The summed E-state index contributed by atoms with van der Waals surface area (Å²) in [6.07, 6.45) is 0.349. The molecule has 0 saturated carbocycles. The number of ether oxygens (including phenoxy) is 1. The van der Waals surface area contributed by atoms with E-state index in [0.717, 1.165) is 6.42 Å². The maximum atomic E-state index is 11.9. The van der Waals surface area contributed by atoms with E-state index in [9.17, 15) is 19.7 Å². The van der Waals surface area contributed by atoms with Crippen LogP contribution in [0.3, 0.4) is 0 Å². The van der Waals surface area contributed by atoms with Gasteiger partial charge in [-0.25, -0.2) is 4.79 Å². The number of rotatable bonds is 4. The maximum absolute atomic E-state index is 11.9. The lowest BCUT2D eigenvalue weighted by Gasteiger charge is -2.16. The molecule has 1 aromatic rings. The molecule has 22 heavy (non-hydrogen) atoms. The van der Waals surface area contributed by atoms with Gasteiger partial charge < -0.3 is 9.64 Å². The smallest absolute Gasteiger partial charge is 0.410 e. The molecule has 0 N–H and O–H groups in total. The number of carbonyl (C=O) groups excluding carboxylic acids is 2. The van der Waals surface area contributed by atoms with Crippen molar-refractivity contribution in [3.63, 3.8) is 0 Å². The lowest BCUT2D eigenvalue weighted by Crippen LogP contribution is -2.29. The van der Waals surface area contributed by atoms with E-state index in [0.29, 0.717) is 18.7 Å². The number of thioether (sulfide) groups is 1. The summed E-state index contributed by atoms with van der Waals surface area (Å²) >= 11 is 1.25. The summed E-state index contributed by atoms with van der Waals surface area (Å²) in [6, 6.07) is 5.87. The second-order valence-electron chi connectivity index (χ2n) is 4.94. The first-order chi connectivity index (χ1) is 10.5. The Hall–Kier alpha value is -2.09. The molecule has 1 atom stereocenters. The molecule has 8 heteroatoms. The van der Waals surface area contributed by atoms with Crippen LogP contribution in [0.1, 0.15) is 18.9 Å². The zero-order valence-corrected chi connectivity index (χ0v) is 12.9. The molecule has 1 aliphatic heterocycles. The Morgan fingerprint density at radius 3 is 2.68 bits per heavy atom. The molecular formula is C14H16N2O5S.